The Kier molecular flexibility index (Phi) is 5.43. The van der Waals surface area contributed by atoms with E-state index in [1.807, 2.05) is 0 Å². The lowest BCUT2D eigenvalue weighted by atomic mass is 10.1. The second-order valence-electron chi connectivity index (χ2n) is 6.26. The van der Waals surface area contributed by atoms with Crippen molar-refractivity contribution in [1.82, 2.24) is 5.32 Å². The summed E-state index contributed by atoms with van der Waals surface area (Å²) < 4.78 is 35.8. The molecule has 2 N–H and O–H groups in total. The number of carbonyl (C=O) groups excluding carboxylic acids is 2. The molecule has 2 amide bonds. The van der Waals surface area contributed by atoms with E-state index in [-0.39, 0.29) is 18.9 Å². The van der Waals surface area contributed by atoms with Gasteiger partial charge in [0.15, 0.2) is 11.5 Å². The quantitative estimate of drug-likeness (QED) is 0.759. The summed E-state index contributed by atoms with van der Waals surface area (Å²) in [7, 11) is 0. The topological polar surface area (TPSA) is 105 Å². The molecular formula is C17H18F2N2O6. The Bertz CT molecular complexity index is 757. The number of carboxylic acid groups (broad SMARTS) is 1. The second kappa shape index (κ2) is 7.77. The van der Waals surface area contributed by atoms with Crippen molar-refractivity contribution in [2.24, 2.45) is 5.92 Å². The lowest BCUT2D eigenvalue weighted by Crippen LogP contribution is -2.45. The number of benzene rings is 1. The fourth-order valence-electron chi connectivity index (χ4n) is 3.02. The van der Waals surface area contributed by atoms with Crippen molar-refractivity contribution in [2.45, 2.75) is 25.3 Å². The molecule has 8 nitrogen and oxygen atoms in total. The van der Waals surface area contributed by atoms with Crippen LogP contribution in [0.2, 0.25) is 0 Å². The highest BCUT2D eigenvalue weighted by molar-refractivity contribution is 6.01. The summed E-state index contributed by atoms with van der Waals surface area (Å²) in [4.78, 5) is 36.9. The summed E-state index contributed by atoms with van der Waals surface area (Å²) in [6.07, 6.45) is -4.00. The SMILES string of the molecule is O=C(NC(CC(F)F)C(=O)O)C1CC(=O)N(c2ccc3c(c2)OCCO3)C1. The van der Waals surface area contributed by atoms with Crippen molar-refractivity contribution < 1.29 is 37.7 Å². The normalized spacial score (nSPS) is 19.9. The molecule has 0 saturated carbocycles. The molecule has 0 aliphatic carbocycles. The van der Waals surface area contributed by atoms with Crippen LogP contribution in [0.4, 0.5) is 14.5 Å². The van der Waals surface area contributed by atoms with Gasteiger partial charge in [-0.05, 0) is 12.1 Å². The minimum atomic E-state index is -2.87. The molecule has 0 radical (unpaired) electrons. The number of rotatable bonds is 6. The molecule has 1 aromatic rings. The predicted molar refractivity (Wildman–Crippen MR) is 88.1 cm³/mol. The largest absolute Gasteiger partial charge is 0.486 e. The van der Waals surface area contributed by atoms with Crippen molar-refractivity contribution in [3.05, 3.63) is 18.2 Å². The maximum Gasteiger partial charge on any atom is 0.326 e. The van der Waals surface area contributed by atoms with Gasteiger partial charge in [0.05, 0.1) is 5.92 Å². The Balaban J connectivity index is 1.68. The molecule has 10 heteroatoms. The molecule has 2 atom stereocenters. The molecule has 0 spiro atoms. The van der Waals surface area contributed by atoms with E-state index in [2.05, 4.69) is 5.32 Å². The van der Waals surface area contributed by atoms with Crippen molar-refractivity contribution in [1.29, 1.82) is 0 Å². The Morgan fingerprint density at radius 3 is 2.63 bits per heavy atom. The Morgan fingerprint density at radius 1 is 1.26 bits per heavy atom. The van der Waals surface area contributed by atoms with Gasteiger partial charge in [0.25, 0.3) is 0 Å². The molecule has 3 rings (SSSR count). The molecular weight excluding hydrogens is 366 g/mol. The number of carbonyl (C=O) groups is 3. The third-order valence-electron chi connectivity index (χ3n) is 4.36. The first-order valence-electron chi connectivity index (χ1n) is 8.36. The summed E-state index contributed by atoms with van der Waals surface area (Å²) in [6.45, 7) is 0.835. The molecule has 2 heterocycles. The number of nitrogens with one attached hydrogen (secondary N) is 1. The number of aliphatic carboxylic acids is 1. The third kappa shape index (κ3) is 4.26. The van der Waals surface area contributed by atoms with Gasteiger partial charge in [-0.15, -0.1) is 0 Å². The van der Waals surface area contributed by atoms with Crippen LogP contribution in [0.15, 0.2) is 18.2 Å². The molecule has 1 fully saturated rings. The number of fused-ring (bicyclic) bond motifs is 1. The second-order valence-corrected chi connectivity index (χ2v) is 6.26. The van der Waals surface area contributed by atoms with Crippen LogP contribution in [0, 0.1) is 5.92 Å². The average Bonchev–Trinajstić information content (AvgIpc) is 3.02. The van der Waals surface area contributed by atoms with Gasteiger partial charge in [-0.2, -0.15) is 0 Å². The molecule has 2 unspecified atom stereocenters. The van der Waals surface area contributed by atoms with Crippen molar-refractivity contribution in [2.75, 3.05) is 24.7 Å². The summed E-state index contributed by atoms with van der Waals surface area (Å²) in [5, 5.41) is 11.0. The first-order chi connectivity index (χ1) is 12.8. The highest BCUT2D eigenvalue weighted by Crippen LogP contribution is 2.36. The zero-order chi connectivity index (χ0) is 19.6. The van der Waals surface area contributed by atoms with E-state index < -0.39 is 36.7 Å². The Morgan fingerprint density at radius 2 is 1.96 bits per heavy atom. The fourth-order valence-corrected chi connectivity index (χ4v) is 3.02. The molecule has 27 heavy (non-hydrogen) atoms. The van der Waals surface area contributed by atoms with Crippen LogP contribution in [-0.2, 0) is 14.4 Å². The van der Waals surface area contributed by atoms with Crippen LogP contribution in [0.25, 0.3) is 0 Å². The fraction of sp³-hybridized carbons (Fsp3) is 0.471. The molecule has 2 aliphatic heterocycles. The van der Waals surface area contributed by atoms with Crippen LogP contribution >= 0.6 is 0 Å². The lowest BCUT2D eigenvalue weighted by molar-refractivity contribution is -0.143. The third-order valence-corrected chi connectivity index (χ3v) is 4.36. The van der Waals surface area contributed by atoms with Crippen molar-refractivity contribution >= 4 is 23.5 Å². The number of amides is 2. The minimum Gasteiger partial charge on any atom is -0.486 e. The number of carboxylic acids is 1. The molecule has 1 saturated heterocycles. The highest BCUT2D eigenvalue weighted by atomic mass is 19.3. The van der Waals surface area contributed by atoms with E-state index in [0.717, 1.165) is 0 Å². The van der Waals surface area contributed by atoms with E-state index in [0.29, 0.717) is 30.4 Å². The van der Waals surface area contributed by atoms with Crippen LogP contribution < -0.4 is 19.7 Å². The lowest BCUT2D eigenvalue weighted by Gasteiger charge is -2.22. The van der Waals surface area contributed by atoms with Gasteiger partial charge in [0.1, 0.15) is 19.3 Å². The van der Waals surface area contributed by atoms with Gasteiger partial charge in [0.2, 0.25) is 18.2 Å². The Hall–Kier alpha value is -2.91. The summed E-state index contributed by atoms with van der Waals surface area (Å²) in [5.41, 5.74) is 0.516. The first-order valence-corrected chi connectivity index (χ1v) is 8.36. The number of anilines is 1. The van der Waals surface area contributed by atoms with Crippen molar-refractivity contribution in [3.63, 3.8) is 0 Å². The van der Waals surface area contributed by atoms with Gasteiger partial charge >= 0.3 is 5.97 Å². The summed E-state index contributed by atoms with van der Waals surface area (Å²) in [5.74, 6) is -2.39. The van der Waals surface area contributed by atoms with Gasteiger partial charge < -0.3 is 24.8 Å². The molecule has 0 aromatic heterocycles. The molecule has 0 bridgehead atoms. The average molecular weight is 384 g/mol. The van der Waals surface area contributed by atoms with Gasteiger partial charge in [0, 0.05) is 31.1 Å². The van der Waals surface area contributed by atoms with E-state index >= 15 is 0 Å². The first kappa shape index (κ1) is 18.9. The number of halogens is 2. The van der Waals surface area contributed by atoms with Crippen LogP contribution in [0.3, 0.4) is 0 Å². The number of hydrogen-bond acceptors (Lipinski definition) is 5. The van der Waals surface area contributed by atoms with Crippen LogP contribution in [0.1, 0.15) is 12.8 Å². The maximum absolute atomic E-state index is 12.5. The van der Waals surface area contributed by atoms with Crippen molar-refractivity contribution in [3.8, 4) is 11.5 Å². The Labute approximate surface area is 153 Å². The van der Waals surface area contributed by atoms with E-state index in [4.69, 9.17) is 14.6 Å². The zero-order valence-corrected chi connectivity index (χ0v) is 14.2. The van der Waals surface area contributed by atoms with Crippen LogP contribution in [-0.4, -0.2) is 55.1 Å². The van der Waals surface area contributed by atoms with Gasteiger partial charge in [-0.1, -0.05) is 0 Å². The molecule has 2 aliphatic rings. The van der Waals surface area contributed by atoms with E-state index in [1.165, 1.54) is 4.90 Å². The standard InChI is InChI=1S/C17H18F2N2O6/c18-14(19)7-11(17(24)25)20-16(23)9-5-15(22)21(8-9)10-1-2-12-13(6-10)27-4-3-26-12/h1-2,6,9,11,14H,3-5,7-8H2,(H,20,23)(H,24,25). The van der Waals surface area contributed by atoms with Crippen LogP contribution in [0.5, 0.6) is 11.5 Å². The molecule has 146 valence electrons. The number of nitrogens with zero attached hydrogens (tertiary/aromatic N) is 1. The van der Waals surface area contributed by atoms with Gasteiger partial charge in [-0.3, -0.25) is 9.59 Å². The number of hydrogen-bond donors (Lipinski definition) is 2. The number of alkyl halides is 2. The van der Waals surface area contributed by atoms with E-state index in [1.54, 1.807) is 18.2 Å². The zero-order valence-electron chi connectivity index (χ0n) is 14.2. The summed E-state index contributed by atoms with van der Waals surface area (Å²) >= 11 is 0. The maximum atomic E-state index is 12.5. The minimum absolute atomic E-state index is 0.0192. The van der Waals surface area contributed by atoms with Gasteiger partial charge in [-0.25, -0.2) is 13.6 Å². The summed E-state index contributed by atoms with van der Waals surface area (Å²) in [6, 6.07) is 3.25. The predicted octanol–water partition coefficient (Wildman–Crippen LogP) is 1.04. The smallest absolute Gasteiger partial charge is 0.326 e. The van der Waals surface area contributed by atoms with E-state index in [9.17, 15) is 23.2 Å². The number of ether oxygens (including phenoxy) is 2. The monoisotopic (exact) mass is 384 g/mol. The highest BCUT2D eigenvalue weighted by Gasteiger charge is 2.37. The molecule has 1 aromatic carbocycles.